The van der Waals surface area contributed by atoms with Gasteiger partial charge in [-0.15, -0.1) is 0 Å². The maximum absolute atomic E-state index is 11.3. The van der Waals surface area contributed by atoms with Crippen LogP contribution in [0.4, 0.5) is 0 Å². The van der Waals surface area contributed by atoms with Gasteiger partial charge in [0.1, 0.15) is 11.7 Å². The Labute approximate surface area is 153 Å². The first-order valence-corrected chi connectivity index (χ1v) is 8.58. The van der Waals surface area contributed by atoms with E-state index in [0.717, 1.165) is 12.1 Å². The molecule has 2 aromatic rings. The number of hydrogen-bond acceptors (Lipinski definition) is 4. The highest BCUT2D eigenvalue weighted by molar-refractivity contribution is 5.96. The Kier molecular flexibility index (Phi) is 7.29. The second-order valence-corrected chi connectivity index (χ2v) is 6.43. The molecule has 0 bridgehead atoms. The Hall–Kier alpha value is -2.73. The van der Waals surface area contributed by atoms with Gasteiger partial charge in [0.15, 0.2) is 0 Å². The van der Waals surface area contributed by atoms with Crippen molar-refractivity contribution in [2.75, 3.05) is 20.1 Å². The predicted molar refractivity (Wildman–Crippen MR) is 101 cm³/mol. The number of carbonyl (C=O) groups is 2. The van der Waals surface area contributed by atoms with Crippen LogP contribution in [-0.2, 0) is 16.1 Å². The summed E-state index contributed by atoms with van der Waals surface area (Å²) in [6.07, 6.45) is 9.90. The van der Waals surface area contributed by atoms with Gasteiger partial charge in [-0.1, -0.05) is 36.4 Å². The Morgan fingerprint density at radius 3 is 2.62 bits per heavy atom. The number of carboxylic acids is 1. The van der Waals surface area contributed by atoms with Crippen LogP contribution in [0.5, 0.6) is 0 Å². The second-order valence-electron chi connectivity index (χ2n) is 6.43. The van der Waals surface area contributed by atoms with Gasteiger partial charge in [-0.3, -0.25) is 9.59 Å². The zero-order chi connectivity index (χ0) is 18.9. The Morgan fingerprint density at radius 1 is 1.31 bits per heavy atom. The van der Waals surface area contributed by atoms with Crippen LogP contribution >= 0.6 is 0 Å². The van der Waals surface area contributed by atoms with Crippen LogP contribution in [0.15, 0.2) is 49.1 Å². The van der Waals surface area contributed by atoms with Crippen LogP contribution in [0.3, 0.4) is 0 Å². The van der Waals surface area contributed by atoms with E-state index in [4.69, 9.17) is 5.11 Å². The molecule has 1 heterocycles. The molecule has 0 saturated carbocycles. The number of carboxylic acid groups (broad SMARTS) is 1. The molecule has 0 aliphatic carbocycles. The second kappa shape index (κ2) is 9.68. The van der Waals surface area contributed by atoms with Gasteiger partial charge in [-0.2, -0.15) is 0 Å². The number of benzene rings is 1. The van der Waals surface area contributed by atoms with Gasteiger partial charge in [-0.05, 0) is 38.1 Å². The number of ketones is 1. The van der Waals surface area contributed by atoms with E-state index in [9.17, 15) is 9.59 Å². The standard InChI is InChI=1S/C20H25N3O3/c1-16(24)19(20(25)26)9-12-22(2)11-3-4-17-5-7-18(8-6-17)14-23-13-10-21-15-23/h3-8,10,13,15,19H,9,11-12,14H2,1-2H3,(H,25,26). The lowest BCUT2D eigenvalue weighted by molar-refractivity contribution is -0.146. The van der Waals surface area contributed by atoms with E-state index in [0.29, 0.717) is 19.5 Å². The van der Waals surface area contributed by atoms with Crippen molar-refractivity contribution in [1.29, 1.82) is 0 Å². The van der Waals surface area contributed by atoms with Crippen LogP contribution in [0.2, 0.25) is 0 Å². The number of aromatic nitrogens is 2. The first kappa shape index (κ1) is 19.6. The molecule has 6 heteroatoms. The third kappa shape index (κ3) is 6.29. The number of carbonyl (C=O) groups excluding carboxylic acids is 1. The lowest BCUT2D eigenvalue weighted by atomic mass is 10.0. The summed E-state index contributed by atoms with van der Waals surface area (Å²) in [5.74, 6) is -2.25. The summed E-state index contributed by atoms with van der Waals surface area (Å²) in [4.78, 5) is 28.4. The third-order valence-corrected chi connectivity index (χ3v) is 4.22. The number of rotatable bonds is 10. The van der Waals surface area contributed by atoms with Gasteiger partial charge in [-0.25, -0.2) is 4.98 Å². The zero-order valence-corrected chi connectivity index (χ0v) is 15.2. The summed E-state index contributed by atoms with van der Waals surface area (Å²) in [6, 6.07) is 8.32. The number of nitrogens with zero attached hydrogens (tertiary/aromatic N) is 3. The van der Waals surface area contributed by atoms with E-state index in [1.54, 1.807) is 12.5 Å². The van der Waals surface area contributed by atoms with Crippen molar-refractivity contribution < 1.29 is 14.7 Å². The SMILES string of the molecule is CC(=O)C(CCN(C)CC=Cc1ccc(Cn2ccnc2)cc1)C(=O)O. The molecule has 0 spiro atoms. The van der Waals surface area contributed by atoms with Crippen molar-refractivity contribution >= 4 is 17.8 Å². The Morgan fingerprint density at radius 2 is 2.04 bits per heavy atom. The number of likely N-dealkylation sites (N-methyl/N-ethyl adjacent to an activating group) is 1. The fraction of sp³-hybridized carbons (Fsp3) is 0.350. The van der Waals surface area contributed by atoms with E-state index in [2.05, 4.69) is 29.2 Å². The molecule has 0 radical (unpaired) electrons. The minimum absolute atomic E-state index is 0.294. The third-order valence-electron chi connectivity index (χ3n) is 4.22. The van der Waals surface area contributed by atoms with Gasteiger partial charge in [0.2, 0.25) is 0 Å². The van der Waals surface area contributed by atoms with Gasteiger partial charge in [0.25, 0.3) is 0 Å². The number of Topliss-reactive ketones (excluding diaryl/α,β-unsaturated/α-hetero) is 1. The largest absolute Gasteiger partial charge is 0.481 e. The fourth-order valence-electron chi connectivity index (χ4n) is 2.64. The van der Waals surface area contributed by atoms with Crippen LogP contribution in [0.25, 0.3) is 6.08 Å². The van der Waals surface area contributed by atoms with Crippen LogP contribution < -0.4 is 0 Å². The predicted octanol–water partition coefficient (Wildman–Crippen LogP) is 2.56. The first-order valence-electron chi connectivity index (χ1n) is 8.58. The molecule has 1 aromatic heterocycles. The van der Waals surface area contributed by atoms with Crippen molar-refractivity contribution in [3.05, 3.63) is 60.2 Å². The maximum Gasteiger partial charge on any atom is 0.314 e. The van der Waals surface area contributed by atoms with Crippen LogP contribution in [0, 0.1) is 5.92 Å². The molecule has 1 atom stereocenters. The molecule has 0 amide bonds. The molecular formula is C20H25N3O3. The quantitative estimate of drug-likeness (QED) is 0.663. The van der Waals surface area contributed by atoms with E-state index >= 15 is 0 Å². The van der Waals surface area contributed by atoms with E-state index in [1.165, 1.54) is 12.5 Å². The van der Waals surface area contributed by atoms with Crippen molar-refractivity contribution in [3.63, 3.8) is 0 Å². The lowest BCUT2D eigenvalue weighted by Gasteiger charge is -2.16. The normalized spacial score (nSPS) is 12.6. The first-order chi connectivity index (χ1) is 12.5. The summed E-state index contributed by atoms with van der Waals surface area (Å²) in [5, 5.41) is 9.03. The molecular weight excluding hydrogens is 330 g/mol. The Bertz CT molecular complexity index is 722. The molecule has 0 saturated heterocycles. The molecule has 0 aliphatic rings. The van der Waals surface area contributed by atoms with Crippen molar-refractivity contribution in [2.24, 2.45) is 5.92 Å². The van der Waals surface area contributed by atoms with Gasteiger partial charge < -0.3 is 14.6 Å². The molecule has 1 N–H and O–H groups in total. The average molecular weight is 355 g/mol. The maximum atomic E-state index is 11.3. The number of hydrogen-bond donors (Lipinski definition) is 1. The summed E-state index contributed by atoms with van der Waals surface area (Å²) in [5.41, 5.74) is 2.32. The fourth-order valence-corrected chi connectivity index (χ4v) is 2.64. The van der Waals surface area contributed by atoms with Crippen LogP contribution in [0.1, 0.15) is 24.5 Å². The molecule has 0 aliphatic heterocycles. The smallest absolute Gasteiger partial charge is 0.314 e. The molecule has 138 valence electrons. The lowest BCUT2D eigenvalue weighted by Crippen LogP contribution is -2.28. The summed E-state index contributed by atoms with van der Waals surface area (Å²) in [7, 11) is 1.91. The Balaban J connectivity index is 1.78. The van der Waals surface area contributed by atoms with Crippen molar-refractivity contribution in [2.45, 2.75) is 19.9 Å². The number of imidazole rings is 1. The van der Waals surface area contributed by atoms with Crippen molar-refractivity contribution in [1.82, 2.24) is 14.5 Å². The molecule has 26 heavy (non-hydrogen) atoms. The van der Waals surface area contributed by atoms with E-state index < -0.39 is 11.9 Å². The van der Waals surface area contributed by atoms with Crippen LogP contribution in [-0.4, -0.2) is 51.4 Å². The van der Waals surface area contributed by atoms with Gasteiger partial charge in [0.05, 0.1) is 6.33 Å². The van der Waals surface area contributed by atoms with Gasteiger partial charge in [0, 0.05) is 25.5 Å². The highest BCUT2D eigenvalue weighted by Gasteiger charge is 2.22. The average Bonchev–Trinajstić information content (AvgIpc) is 3.09. The topological polar surface area (TPSA) is 75.4 Å². The monoisotopic (exact) mass is 355 g/mol. The highest BCUT2D eigenvalue weighted by atomic mass is 16.4. The summed E-state index contributed by atoms with van der Waals surface area (Å²) < 4.78 is 2.02. The van der Waals surface area contributed by atoms with E-state index in [1.807, 2.05) is 34.9 Å². The van der Waals surface area contributed by atoms with Crippen molar-refractivity contribution in [3.8, 4) is 0 Å². The highest BCUT2D eigenvalue weighted by Crippen LogP contribution is 2.09. The molecule has 1 aromatic carbocycles. The van der Waals surface area contributed by atoms with Gasteiger partial charge >= 0.3 is 5.97 Å². The minimum Gasteiger partial charge on any atom is -0.481 e. The zero-order valence-electron chi connectivity index (χ0n) is 15.2. The molecule has 6 nitrogen and oxygen atoms in total. The summed E-state index contributed by atoms with van der Waals surface area (Å²) >= 11 is 0. The molecule has 0 fully saturated rings. The van der Waals surface area contributed by atoms with E-state index in [-0.39, 0.29) is 5.78 Å². The molecule has 1 unspecified atom stereocenters. The number of aliphatic carboxylic acids is 1. The minimum atomic E-state index is -1.04. The summed E-state index contributed by atoms with van der Waals surface area (Å²) in [6.45, 7) is 3.38. The molecule has 2 rings (SSSR count).